The van der Waals surface area contributed by atoms with Crippen molar-refractivity contribution in [2.75, 3.05) is 27.2 Å². The number of hydrogen-bond donors (Lipinski definition) is 1. The smallest absolute Gasteiger partial charge is 0.246 e. The fourth-order valence-electron chi connectivity index (χ4n) is 1.69. The topological polar surface area (TPSA) is 75.7 Å². The van der Waals surface area contributed by atoms with E-state index >= 15 is 0 Å². The van der Waals surface area contributed by atoms with Crippen molar-refractivity contribution in [2.45, 2.75) is 18.7 Å². The maximum absolute atomic E-state index is 12.5. The van der Waals surface area contributed by atoms with Gasteiger partial charge in [-0.05, 0) is 31.5 Å². The third kappa shape index (κ3) is 3.71. The van der Waals surface area contributed by atoms with Gasteiger partial charge in [0.25, 0.3) is 0 Å². The number of likely N-dealkylation sites (N-methyl/N-ethyl adjacent to an activating group) is 2. The van der Waals surface area contributed by atoms with E-state index in [2.05, 4.69) is 5.32 Å². The Morgan fingerprint density at radius 2 is 2.05 bits per heavy atom. The number of carbonyl (C=O) groups excluding carboxylic acids is 1. The number of hydrogen-bond acceptors (Lipinski definition) is 4. The average Bonchev–Trinajstić information content (AvgIpc) is 2.38. The molecule has 1 aromatic carbocycles. The van der Waals surface area contributed by atoms with Crippen molar-refractivity contribution in [2.24, 2.45) is 0 Å². The molecule has 0 radical (unpaired) electrons. The number of benzene rings is 1. The van der Waals surface area contributed by atoms with Crippen LogP contribution < -0.4 is 10.1 Å². The number of methoxy groups -OCH3 is 1. The molecule has 0 aliphatic rings. The largest absolute Gasteiger partial charge is 0.495 e. The average molecular weight is 300 g/mol. The number of rotatable bonds is 6. The van der Waals surface area contributed by atoms with Crippen molar-refractivity contribution < 1.29 is 17.9 Å². The number of ether oxygens (including phenoxy) is 1. The van der Waals surface area contributed by atoms with Gasteiger partial charge < -0.3 is 10.1 Å². The summed E-state index contributed by atoms with van der Waals surface area (Å²) in [6, 6.07) is 4.90. The van der Waals surface area contributed by atoms with E-state index in [1.165, 1.54) is 20.2 Å². The van der Waals surface area contributed by atoms with Gasteiger partial charge in [0.2, 0.25) is 15.9 Å². The minimum Gasteiger partial charge on any atom is -0.495 e. The van der Waals surface area contributed by atoms with E-state index in [9.17, 15) is 13.2 Å². The molecule has 0 atom stereocenters. The first-order valence-corrected chi connectivity index (χ1v) is 7.64. The lowest BCUT2D eigenvalue weighted by Crippen LogP contribution is -2.38. The van der Waals surface area contributed by atoms with Gasteiger partial charge >= 0.3 is 0 Å². The molecular formula is C13H20N2O4S. The van der Waals surface area contributed by atoms with Crippen LogP contribution in [0.1, 0.15) is 12.5 Å². The molecule has 0 heterocycles. The number of amides is 1. The van der Waals surface area contributed by atoms with Gasteiger partial charge in [0.05, 0.1) is 13.7 Å². The second kappa shape index (κ2) is 6.71. The molecule has 1 aromatic rings. The van der Waals surface area contributed by atoms with Gasteiger partial charge in [0, 0.05) is 13.6 Å². The highest BCUT2D eigenvalue weighted by molar-refractivity contribution is 7.89. The van der Waals surface area contributed by atoms with Crippen molar-refractivity contribution in [3.8, 4) is 5.75 Å². The quantitative estimate of drug-likeness (QED) is 0.841. The first kappa shape index (κ1) is 16.5. The second-order valence-electron chi connectivity index (χ2n) is 4.37. The number of sulfonamides is 1. The normalized spacial score (nSPS) is 11.4. The summed E-state index contributed by atoms with van der Waals surface area (Å²) in [7, 11) is -0.993. The van der Waals surface area contributed by atoms with Crippen LogP contribution in [-0.2, 0) is 14.8 Å². The maximum Gasteiger partial charge on any atom is 0.246 e. The highest BCUT2D eigenvalue weighted by atomic mass is 32.2. The van der Waals surface area contributed by atoms with E-state index < -0.39 is 10.0 Å². The van der Waals surface area contributed by atoms with Crippen molar-refractivity contribution in [1.82, 2.24) is 9.62 Å². The van der Waals surface area contributed by atoms with E-state index in [4.69, 9.17) is 4.74 Å². The molecule has 1 rings (SSSR count). The predicted octanol–water partition coefficient (Wildman–Crippen LogP) is 0.760. The lowest BCUT2D eigenvalue weighted by Gasteiger charge is -2.18. The van der Waals surface area contributed by atoms with E-state index in [0.717, 1.165) is 9.87 Å². The summed E-state index contributed by atoms with van der Waals surface area (Å²) in [6.45, 7) is 3.80. The van der Waals surface area contributed by atoms with Gasteiger partial charge in [0.15, 0.2) is 0 Å². The van der Waals surface area contributed by atoms with E-state index in [1.807, 2.05) is 0 Å². The fraction of sp³-hybridized carbons (Fsp3) is 0.462. The Morgan fingerprint density at radius 1 is 1.40 bits per heavy atom. The Balaban J connectivity index is 3.10. The first-order chi connectivity index (χ1) is 9.32. The molecule has 0 unspecified atom stereocenters. The molecule has 7 heteroatoms. The number of aryl methyl sites for hydroxylation is 1. The van der Waals surface area contributed by atoms with Crippen LogP contribution in [-0.4, -0.2) is 45.9 Å². The van der Waals surface area contributed by atoms with Crippen LogP contribution in [0.4, 0.5) is 0 Å². The van der Waals surface area contributed by atoms with Gasteiger partial charge in [-0.1, -0.05) is 6.07 Å². The molecule has 112 valence electrons. The van der Waals surface area contributed by atoms with Crippen LogP contribution >= 0.6 is 0 Å². The Hall–Kier alpha value is -1.60. The van der Waals surface area contributed by atoms with Gasteiger partial charge in [0.1, 0.15) is 10.6 Å². The number of nitrogens with one attached hydrogen (secondary N) is 1. The zero-order valence-corrected chi connectivity index (χ0v) is 13.0. The summed E-state index contributed by atoms with van der Waals surface area (Å²) in [4.78, 5) is 11.6. The molecule has 0 aliphatic carbocycles. The van der Waals surface area contributed by atoms with Crippen molar-refractivity contribution >= 4 is 15.9 Å². The molecule has 6 nitrogen and oxygen atoms in total. The van der Waals surface area contributed by atoms with Crippen molar-refractivity contribution in [3.05, 3.63) is 23.8 Å². The summed E-state index contributed by atoms with van der Waals surface area (Å²) in [5.74, 6) is -0.0801. The molecule has 0 saturated carbocycles. The standard InChI is InChI=1S/C13H20N2O4S/c1-5-14-13(16)9-15(3)20(17,18)12-8-10(2)6-7-11(12)19-4/h6-8H,5,9H2,1-4H3,(H,14,16). The number of carbonyl (C=O) groups is 1. The van der Waals surface area contributed by atoms with Crippen LogP contribution in [0.2, 0.25) is 0 Å². The van der Waals surface area contributed by atoms with Crippen LogP contribution in [0.3, 0.4) is 0 Å². The predicted molar refractivity (Wildman–Crippen MR) is 76.2 cm³/mol. The molecule has 0 fully saturated rings. The van der Waals surface area contributed by atoms with E-state index in [1.54, 1.807) is 26.0 Å². The summed E-state index contributed by atoms with van der Waals surface area (Å²) in [6.07, 6.45) is 0. The van der Waals surface area contributed by atoms with Gasteiger partial charge in [-0.2, -0.15) is 4.31 Å². The highest BCUT2D eigenvalue weighted by Gasteiger charge is 2.26. The molecule has 20 heavy (non-hydrogen) atoms. The lowest BCUT2D eigenvalue weighted by molar-refractivity contribution is -0.121. The van der Waals surface area contributed by atoms with Crippen molar-refractivity contribution in [1.29, 1.82) is 0 Å². The van der Waals surface area contributed by atoms with Crippen LogP contribution in [0.15, 0.2) is 23.1 Å². The minimum absolute atomic E-state index is 0.0619. The molecule has 1 N–H and O–H groups in total. The summed E-state index contributed by atoms with van der Waals surface area (Å²) in [5, 5.41) is 2.56. The van der Waals surface area contributed by atoms with Crippen LogP contribution in [0.25, 0.3) is 0 Å². The summed E-state index contributed by atoms with van der Waals surface area (Å²) < 4.78 is 31.0. The highest BCUT2D eigenvalue weighted by Crippen LogP contribution is 2.26. The number of nitrogens with zero attached hydrogens (tertiary/aromatic N) is 1. The summed E-state index contributed by atoms with van der Waals surface area (Å²) >= 11 is 0. The maximum atomic E-state index is 12.5. The molecule has 1 amide bonds. The Labute approximate surface area is 119 Å². The lowest BCUT2D eigenvalue weighted by atomic mass is 10.2. The van der Waals surface area contributed by atoms with E-state index in [0.29, 0.717) is 6.54 Å². The first-order valence-electron chi connectivity index (χ1n) is 6.20. The zero-order chi connectivity index (χ0) is 15.3. The molecular weight excluding hydrogens is 280 g/mol. The Kier molecular flexibility index (Phi) is 5.52. The molecule has 0 bridgehead atoms. The second-order valence-corrected chi connectivity index (χ2v) is 6.38. The Morgan fingerprint density at radius 3 is 2.60 bits per heavy atom. The summed E-state index contributed by atoms with van der Waals surface area (Å²) in [5.41, 5.74) is 0.802. The van der Waals surface area contributed by atoms with Gasteiger partial charge in [-0.25, -0.2) is 8.42 Å². The van der Waals surface area contributed by atoms with Crippen molar-refractivity contribution in [3.63, 3.8) is 0 Å². The molecule has 0 saturated heterocycles. The third-order valence-electron chi connectivity index (χ3n) is 2.75. The molecule has 0 aromatic heterocycles. The molecule has 0 spiro atoms. The van der Waals surface area contributed by atoms with Gasteiger partial charge in [-0.15, -0.1) is 0 Å². The van der Waals surface area contributed by atoms with Crippen LogP contribution in [0, 0.1) is 6.92 Å². The minimum atomic E-state index is -3.77. The van der Waals surface area contributed by atoms with Gasteiger partial charge in [-0.3, -0.25) is 4.79 Å². The molecule has 0 aliphatic heterocycles. The monoisotopic (exact) mass is 300 g/mol. The third-order valence-corrected chi connectivity index (χ3v) is 4.57. The van der Waals surface area contributed by atoms with E-state index in [-0.39, 0.29) is 23.1 Å². The van der Waals surface area contributed by atoms with Crippen LogP contribution in [0.5, 0.6) is 5.75 Å². The zero-order valence-electron chi connectivity index (χ0n) is 12.1. The fourth-order valence-corrected chi connectivity index (χ4v) is 3.06. The SMILES string of the molecule is CCNC(=O)CN(C)S(=O)(=O)c1cc(C)ccc1OC. The Bertz CT molecular complexity index is 584.